The quantitative estimate of drug-likeness (QED) is 0.831. The first-order chi connectivity index (χ1) is 13.0. The van der Waals surface area contributed by atoms with Crippen molar-refractivity contribution in [3.63, 3.8) is 0 Å². The Labute approximate surface area is 162 Å². The molecule has 0 saturated carbocycles. The van der Waals surface area contributed by atoms with Crippen molar-refractivity contribution >= 4 is 34.7 Å². The van der Waals surface area contributed by atoms with E-state index in [1.165, 1.54) is 11.3 Å². The van der Waals surface area contributed by atoms with Crippen LogP contribution in [-0.2, 0) is 9.59 Å². The van der Waals surface area contributed by atoms with Crippen LogP contribution in [0, 0.1) is 5.92 Å². The minimum atomic E-state index is -0.589. The molecular weight excluding hydrogens is 362 g/mol. The highest BCUT2D eigenvalue weighted by atomic mass is 32.1. The first-order valence-electron chi connectivity index (χ1n) is 9.03. The van der Waals surface area contributed by atoms with Crippen molar-refractivity contribution in [3.05, 3.63) is 52.7 Å². The number of nitrogens with zero attached hydrogens (tertiary/aromatic N) is 1. The first-order valence-corrected chi connectivity index (χ1v) is 9.91. The Hall–Kier alpha value is -2.67. The van der Waals surface area contributed by atoms with E-state index < -0.39 is 6.04 Å². The molecule has 2 aromatic rings. The Morgan fingerprint density at radius 2 is 1.78 bits per heavy atom. The summed E-state index contributed by atoms with van der Waals surface area (Å²) in [6.45, 7) is 2.73. The summed E-state index contributed by atoms with van der Waals surface area (Å²) in [6, 6.07) is 12.3. The molecule has 27 heavy (non-hydrogen) atoms. The minimum Gasteiger partial charge on any atom is -0.341 e. The highest BCUT2D eigenvalue weighted by Gasteiger charge is 2.30. The van der Waals surface area contributed by atoms with E-state index in [0.29, 0.717) is 30.8 Å². The zero-order chi connectivity index (χ0) is 19.2. The zero-order valence-electron chi connectivity index (χ0n) is 15.2. The fraction of sp³-hybridized carbons (Fsp3) is 0.350. The topological polar surface area (TPSA) is 78.5 Å². The number of benzene rings is 1. The molecule has 7 heteroatoms. The monoisotopic (exact) mass is 385 g/mol. The van der Waals surface area contributed by atoms with Gasteiger partial charge >= 0.3 is 0 Å². The van der Waals surface area contributed by atoms with Gasteiger partial charge in [-0.05, 0) is 43.3 Å². The van der Waals surface area contributed by atoms with E-state index in [0.717, 1.165) is 5.69 Å². The smallest absolute Gasteiger partial charge is 0.261 e. The number of hydrogen-bond acceptors (Lipinski definition) is 4. The number of hydrogen-bond donors (Lipinski definition) is 2. The molecule has 1 atom stereocenters. The third-order valence-corrected chi connectivity index (χ3v) is 5.55. The van der Waals surface area contributed by atoms with Gasteiger partial charge in [-0.25, -0.2) is 0 Å². The highest BCUT2D eigenvalue weighted by Crippen LogP contribution is 2.20. The van der Waals surface area contributed by atoms with E-state index in [4.69, 9.17) is 0 Å². The highest BCUT2D eigenvalue weighted by molar-refractivity contribution is 7.12. The fourth-order valence-corrected chi connectivity index (χ4v) is 3.77. The number of piperidine rings is 1. The predicted molar refractivity (Wildman–Crippen MR) is 106 cm³/mol. The van der Waals surface area contributed by atoms with Gasteiger partial charge in [0.1, 0.15) is 6.04 Å². The Kier molecular flexibility index (Phi) is 6.24. The summed E-state index contributed by atoms with van der Waals surface area (Å²) in [4.78, 5) is 39.4. The van der Waals surface area contributed by atoms with Crippen molar-refractivity contribution in [1.82, 2.24) is 10.2 Å². The van der Waals surface area contributed by atoms with Gasteiger partial charge in [0.05, 0.1) is 4.88 Å². The number of amides is 3. The Morgan fingerprint density at radius 1 is 1.07 bits per heavy atom. The molecule has 1 unspecified atom stereocenters. The van der Waals surface area contributed by atoms with Crippen LogP contribution in [0.25, 0.3) is 0 Å². The maximum absolute atomic E-state index is 12.6. The Morgan fingerprint density at radius 3 is 2.41 bits per heavy atom. The lowest BCUT2D eigenvalue weighted by Gasteiger charge is -2.33. The average molecular weight is 385 g/mol. The lowest BCUT2D eigenvalue weighted by atomic mass is 9.95. The number of likely N-dealkylation sites (tertiary alicyclic amines) is 1. The second kappa shape index (κ2) is 8.81. The normalized spacial score (nSPS) is 15.8. The van der Waals surface area contributed by atoms with Gasteiger partial charge in [0.25, 0.3) is 5.91 Å². The van der Waals surface area contributed by atoms with Crippen molar-refractivity contribution in [2.24, 2.45) is 5.92 Å². The van der Waals surface area contributed by atoms with Crippen molar-refractivity contribution < 1.29 is 14.4 Å². The van der Waals surface area contributed by atoms with Crippen LogP contribution in [0.15, 0.2) is 47.8 Å². The maximum Gasteiger partial charge on any atom is 0.261 e. The van der Waals surface area contributed by atoms with E-state index >= 15 is 0 Å². The number of para-hydroxylation sites is 1. The molecular formula is C20H23N3O3S. The van der Waals surface area contributed by atoms with E-state index in [-0.39, 0.29) is 23.6 Å². The van der Waals surface area contributed by atoms with Gasteiger partial charge < -0.3 is 15.5 Å². The van der Waals surface area contributed by atoms with Gasteiger partial charge in [0.2, 0.25) is 11.8 Å². The molecule has 2 heterocycles. The maximum atomic E-state index is 12.6. The van der Waals surface area contributed by atoms with Crippen LogP contribution in [0.3, 0.4) is 0 Å². The number of rotatable bonds is 5. The average Bonchev–Trinajstić information content (AvgIpc) is 3.23. The zero-order valence-corrected chi connectivity index (χ0v) is 16.0. The van der Waals surface area contributed by atoms with E-state index in [1.807, 2.05) is 35.7 Å². The van der Waals surface area contributed by atoms with Crippen LogP contribution < -0.4 is 10.6 Å². The molecule has 0 aliphatic carbocycles. The second-order valence-electron chi connectivity index (χ2n) is 6.63. The molecule has 1 fully saturated rings. The number of anilines is 1. The summed E-state index contributed by atoms with van der Waals surface area (Å²) in [6.07, 6.45) is 1.24. The van der Waals surface area contributed by atoms with Crippen molar-refractivity contribution in [1.29, 1.82) is 0 Å². The summed E-state index contributed by atoms with van der Waals surface area (Å²) >= 11 is 1.34. The van der Waals surface area contributed by atoms with Gasteiger partial charge in [-0.2, -0.15) is 0 Å². The first kappa shape index (κ1) is 19.1. The molecule has 142 valence electrons. The van der Waals surface area contributed by atoms with Crippen LogP contribution in [0.1, 0.15) is 29.4 Å². The number of nitrogens with one attached hydrogen (secondary N) is 2. The molecule has 0 spiro atoms. The van der Waals surface area contributed by atoms with Gasteiger partial charge in [-0.1, -0.05) is 24.3 Å². The van der Waals surface area contributed by atoms with Crippen molar-refractivity contribution in [3.8, 4) is 0 Å². The van der Waals surface area contributed by atoms with Gasteiger partial charge in [-0.15, -0.1) is 11.3 Å². The third kappa shape index (κ3) is 4.95. The third-order valence-electron chi connectivity index (χ3n) is 4.68. The molecule has 2 N–H and O–H groups in total. The number of carbonyl (C=O) groups is 3. The van der Waals surface area contributed by atoms with E-state index in [2.05, 4.69) is 10.6 Å². The van der Waals surface area contributed by atoms with Crippen molar-refractivity contribution in [2.75, 3.05) is 18.4 Å². The molecule has 1 aliphatic heterocycles. The number of thiophene rings is 1. The molecule has 3 rings (SSSR count). The Bertz CT molecular complexity index is 784. The summed E-state index contributed by atoms with van der Waals surface area (Å²) in [5.41, 5.74) is 0.783. The summed E-state index contributed by atoms with van der Waals surface area (Å²) in [5.74, 6) is -0.456. The fourth-order valence-electron chi connectivity index (χ4n) is 3.14. The van der Waals surface area contributed by atoms with Gasteiger partial charge in [0, 0.05) is 24.7 Å². The molecule has 1 aromatic heterocycles. The van der Waals surface area contributed by atoms with Crippen LogP contribution in [0.2, 0.25) is 0 Å². The number of carbonyl (C=O) groups excluding carboxylic acids is 3. The van der Waals surface area contributed by atoms with Gasteiger partial charge in [-0.3, -0.25) is 14.4 Å². The molecule has 0 bridgehead atoms. The molecule has 1 aliphatic rings. The summed E-state index contributed by atoms with van der Waals surface area (Å²) in [7, 11) is 0. The Balaban J connectivity index is 1.47. The molecule has 3 amide bonds. The predicted octanol–water partition coefficient (Wildman–Crippen LogP) is 2.74. The molecule has 1 saturated heterocycles. The minimum absolute atomic E-state index is 0.00709. The van der Waals surface area contributed by atoms with Crippen LogP contribution >= 0.6 is 11.3 Å². The van der Waals surface area contributed by atoms with E-state index in [1.54, 1.807) is 24.0 Å². The standard InChI is InChI=1S/C20H23N3O3S/c1-14(21-19(25)17-8-5-13-27-17)20(26)23-11-9-15(10-12-23)18(24)22-16-6-3-2-4-7-16/h2-8,13-15H,9-12H2,1H3,(H,21,25)(H,22,24). The summed E-state index contributed by atoms with van der Waals surface area (Å²) in [5, 5.41) is 7.49. The van der Waals surface area contributed by atoms with Crippen LogP contribution in [0.4, 0.5) is 5.69 Å². The van der Waals surface area contributed by atoms with Crippen LogP contribution in [0.5, 0.6) is 0 Å². The largest absolute Gasteiger partial charge is 0.341 e. The summed E-state index contributed by atoms with van der Waals surface area (Å²) < 4.78 is 0. The van der Waals surface area contributed by atoms with E-state index in [9.17, 15) is 14.4 Å². The lowest BCUT2D eigenvalue weighted by Crippen LogP contribution is -2.50. The van der Waals surface area contributed by atoms with Gasteiger partial charge in [0.15, 0.2) is 0 Å². The molecule has 0 radical (unpaired) electrons. The molecule has 6 nitrogen and oxygen atoms in total. The SMILES string of the molecule is CC(NC(=O)c1cccs1)C(=O)N1CCC(C(=O)Nc2ccccc2)CC1. The second-order valence-corrected chi connectivity index (χ2v) is 7.57. The lowest BCUT2D eigenvalue weighted by molar-refractivity contribution is -0.135. The van der Waals surface area contributed by atoms with Crippen molar-refractivity contribution in [2.45, 2.75) is 25.8 Å². The van der Waals surface area contributed by atoms with Crippen LogP contribution in [-0.4, -0.2) is 41.8 Å². The molecule has 1 aromatic carbocycles.